The zero-order chi connectivity index (χ0) is 12.7. The minimum absolute atomic E-state index is 0.254. The molecule has 0 bridgehead atoms. The van der Waals surface area contributed by atoms with Crippen molar-refractivity contribution in [2.24, 2.45) is 0 Å². The first-order valence-corrected chi connectivity index (χ1v) is 7.02. The summed E-state index contributed by atoms with van der Waals surface area (Å²) in [5, 5.41) is 10.3. The molecular formula is C15H15FOS. The topological polar surface area (TPSA) is 20.2 Å². The van der Waals surface area contributed by atoms with E-state index in [9.17, 15) is 9.50 Å². The zero-order valence-corrected chi connectivity index (χ0v) is 11.1. The molecule has 1 nitrogen and oxygen atoms in total. The number of thiophene rings is 1. The molecule has 0 saturated heterocycles. The number of hydrogen-bond donors (Lipinski definition) is 1. The van der Waals surface area contributed by atoms with E-state index in [1.807, 2.05) is 0 Å². The lowest BCUT2D eigenvalue weighted by atomic mass is 10.1. The second-order valence-corrected chi connectivity index (χ2v) is 6.03. The molecule has 1 atom stereocenters. The summed E-state index contributed by atoms with van der Waals surface area (Å²) in [5.41, 5.74) is 2.61. The Morgan fingerprint density at radius 1 is 1.28 bits per heavy atom. The van der Waals surface area contributed by atoms with Gasteiger partial charge in [0.15, 0.2) is 0 Å². The maximum Gasteiger partial charge on any atom is 0.126 e. The van der Waals surface area contributed by atoms with Crippen LogP contribution in [0.3, 0.4) is 0 Å². The van der Waals surface area contributed by atoms with Gasteiger partial charge in [-0.15, -0.1) is 11.3 Å². The van der Waals surface area contributed by atoms with Crippen LogP contribution in [-0.4, -0.2) is 5.11 Å². The molecule has 1 aromatic carbocycles. The Labute approximate surface area is 110 Å². The highest BCUT2D eigenvalue weighted by Crippen LogP contribution is 2.36. The molecule has 1 aromatic heterocycles. The van der Waals surface area contributed by atoms with E-state index in [0.29, 0.717) is 11.1 Å². The lowest BCUT2D eigenvalue weighted by Gasteiger charge is -2.10. The maximum atomic E-state index is 13.5. The third-order valence-electron chi connectivity index (χ3n) is 3.55. The first kappa shape index (κ1) is 11.9. The summed E-state index contributed by atoms with van der Waals surface area (Å²) < 4.78 is 13.5. The van der Waals surface area contributed by atoms with Crippen molar-refractivity contribution in [2.75, 3.05) is 0 Å². The van der Waals surface area contributed by atoms with Gasteiger partial charge in [0.1, 0.15) is 11.9 Å². The fourth-order valence-electron chi connectivity index (χ4n) is 2.43. The fraction of sp³-hybridized carbons (Fsp3) is 0.333. The van der Waals surface area contributed by atoms with Crippen molar-refractivity contribution in [1.82, 2.24) is 0 Å². The molecule has 0 fully saturated rings. The predicted molar refractivity (Wildman–Crippen MR) is 71.5 cm³/mol. The largest absolute Gasteiger partial charge is 0.383 e. The Hall–Kier alpha value is -1.19. The van der Waals surface area contributed by atoms with Gasteiger partial charge in [-0.3, -0.25) is 0 Å². The normalized spacial score (nSPS) is 15.7. The number of aliphatic hydroxyl groups excluding tert-OH is 1. The summed E-state index contributed by atoms with van der Waals surface area (Å²) >= 11 is 1.66. The molecule has 1 heterocycles. The first-order valence-electron chi connectivity index (χ1n) is 6.21. The molecule has 3 rings (SSSR count). The van der Waals surface area contributed by atoms with Crippen molar-refractivity contribution >= 4 is 11.3 Å². The van der Waals surface area contributed by atoms with E-state index >= 15 is 0 Å². The molecule has 0 radical (unpaired) electrons. The van der Waals surface area contributed by atoms with E-state index in [0.717, 1.165) is 17.7 Å². The molecule has 1 aliphatic carbocycles. The molecule has 18 heavy (non-hydrogen) atoms. The average molecular weight is 262 g/mol. The van der Waals surface area contributed by atoms with E-state index < -0.39 is 6.10 Å². The molecule has 0 saturated carbocycles. The Morgan fingerprint density at radius 3 is 2.83 bits per heavy atom. The SMILES string of the molecule is Cc1ccc(C(O)c2cc3c(s2)CCC3)cc1F. The second kappa shape index (κ2) is 4.48. The highest BCUT2D eigenvalue weighted by atomic mass is 32.1. The third kappa shape index (κ3) is 1.98. The number of halogens is 1. The van der Waals surface area contributed by atoms with Crippen LogP contribution >= 0.6 is 11.3 Å². The summed E-state index contributed by atoms with van der Waals surface area (Å²) in [7, 11) is 0. The van der Waals surface area contributed by atoms with Crippen molar-refractivity contribution in [3.8, 4) is 0 Å². The van der Waals surface area contributed by atoms with Crippen LogP contribution in [0.25, 0.3) is 0 Å². The number of aryl methyl sites for hydroxylation is 3. The lowest BCUT2D eigenvalue weighted by molar-refractivity contribution is 0.223. The molecule has 3 heteroatoms. The molecule has 0 aliphatic heterocycles. The Balaban J connectivity index is 1.93. The number of fused-ring (bicyclic) bond motifs is 1. The van der Waals surface area contributed by atoms with Crippen LogP contribution in [0.2, 0.25) is 0 Å². The van der Waals surface area contributed by atoms with Gasteiger partial charge in [-0.05, 0) is 55.0 Å². The van der Waals surface area contributed by atoms with E-state index in [1.54, 1.807) is 30.4 Å². The van der Waals surface area contributed by atoms with Gasteiger partial charge in [0, 0.05) is 9.75 Å². The molecule has 94 valence electrons. The molecule has 1 aliphatic rings. The van der Waals surface area contributed by atoms with Crippen LogP contribution in [0.1, 0.15) is 39.0 Å². The summed E-state index contributed by atoms with van der Waals surface area (Å²) in [5.74, 6) is -0.254. The Kier molecular flexibility index (Phi) is 2.96. The number of rotatable bonds is 2. The summed E-state index contributed by atoms with van der Waals surface area (Å²) in [6.07, 6.45) is 2.75. The van der Waals surface area contributed by atoms with Crippen LogP contribution in [0.15, 0.2) is 24.3 Å². The van der Waals surface area contributed by atoms with Crippen molar-refractivity contribution in [1.29, 1.82) is 0 Å². The van der Waals surface area contributed by atoms with Crippen LogP contribution in [0, 0.1) is 12.7 Å². The van der Waals surface area contributed by atoms with Crippen LogP contribution in [0.4, 0.5) is 4.39 Å². The van der Waals surface area contributed by atoms with E-state index in [-0.39, 0.29) is 5.82 Å². The summed E-state index contributed by atoms with van der Waals surface area (Å²) in [6, 6.07) is 7.03. The second-order valence-electron chi connectivity index (χ2n) is 4.86. The van der Waals surface area contributed by atoms with E-state index in [1.165, 1.54) is 22.9 Å². The summed E-state index contributed by atoms with van der Waals surface area (Å²) in [4.78, 5) is 2.32. The van der Waals surface area contributed by atoms with Crippen molar-refractivity contribution in [3.63, 3.8) is 0 Å². The average Bonchev–Trinajstić information content (AvgIpc) is 2.92. The quantitative estimate of drug-likeness (QED) is 0.873. The van der Waals surface area contributed by atoms with Gasteiger partial charge in [-0.2, -0.15) is 0 Å². The highest BCUT2D eigenvalue weighted by Gasteiger charge is 2.20. The molecule has 0 amide bonds. The first-order chi connectivity index (χ1) is 8.65. The van der Waals surface area contributed by atoms with Crippen LogP contribution < -0.4 is 0 Å². The van der Waals surface area contributed by atoms with E-state index in [4.69, 9.17) is 0 Å². The lowest BCUT2D eigenvalue weighted by Crippen LogP contribution is -1.98. The summed E-state index contributed by atoms with van der Waals surface area (Å²) in [6.45, 7) is 1.73. The molecule has 1 N–H and O–H groups in total. The monoisotopic (exact) mass is 262 g/mol. The predicted octanol–water partition coefficient (Wildman–Crippen LogP) is 3.77. The van der Waals surface area contributed by atoms with Gasteiger partial charge in [-0.1, -0.05) is 12.1 Å². The van der Waals surface area contributed by atoms with Crippen molar-refractivity contribution < 1.29 is 9.50 Å². The Morgan fingerprint density at radius 2 is 2.11 bits per heavy atom. The van der Waals surface area contributed by atoms with Crippen molar-refractivity contribution in [3.05, 3.63) is 56.5 Å². The van der Waals surface area contributed by atoms with Gasteiger partial charge < -0.3 is 5.11 Å². The Bertz CT molecular complexity index is 567. The van der Waals surface area contributed by atoms with Gasteiger partial charge >= 0.3 is 0 Å². The minimum Gasteiger partial charge on any atom is -0.383 e. The van der Waals surface area contributed by atoms with E-state index in [2.05, 4.69) is 6.07 Å². The number of aliphatic hydroxyl groups is 1. The zero-order valence-electron chi connectivity index (χ0n) is 10.2. The highest BCUT2D eigenvalue weighted by molar-refractivity contribution is 7.12. The maximum absolute atomic E-state index is 13.5. The van der Waals surface area contributed by atoms with Crippen LogP contribution in [-0.2, 0) is 12.8 Å². The van der Waals surface area contributed by atoms with Gasteiger partial charge in [0.05, 0.1) is 0 Å². The number of benzene rings is 1. The van der Waals surface area contributed by atoms with Gasteiger partial charge in [-0.25, -0.2) is 4.39 Å². The standard InChI is InChI=1S/C15H15FOS/c1-9-5-6-11(7-12(9)16)15(17)14-8-10-3-2-4-13(10)18-14/h5-8,15,17H,2-4H2,1H3. The number of hydrogen-bond acceptors (Lipinski definition) is 2. The molecular weight excluding hydrogens is 247 g/mol. The molecule has 1 unspecified atom stereocenters. The van der Waals surface area contributed by atoms with Crippen LogP contribution in [0.5, 0.6) is 0 Å². The molecule has 2 aromatic rings. The third-order valence-corrected chi connectivity index (χ3v) is 4.84. The fourth-order valence-corrected chi connectivity index (χ4v) is 3.70. The smallest absolute Gasteiger partial charge is 0.126 e. The molecule has 0 spiro atoms. The van der Waals surface area contributed by atoms with Gasteiger partial charge in [0.25, 0.3) is 0 Å². The minimum atomic E-state index is -0.698. The van der Waals surface area contributed by atoms with Gasteiger partial charge in [0.2, 0.25) is 0 Å². The van der Waals surface area contributed by atoms with Crippen molar-refractivity contribution in [2.45, 2.75) is 32.3 Å².